The number of benzene rings is 1. The molecule has 1 N–H and O–H groups in total. The fourth-order valence-electron chi connectivity index (χ4n) is 1.59. The monoisotopic (exact) mass is 203 g/mol. The van der Waals surface area contributed by atoms with Gasteiger partial charge in [-0.15, -0.1) is 5.10 Å². The van der Waals surface area contributed by atoms with Gasteiger partial charge in [-0.1, -0.05) is 29.5 Å². The van der Waals surface area contributed by atoms with E-state index in [0.717, 1.165) is 11.3 Å². The van der Waals surface area contributed by atoms with E-state index in [1.54, 1.807) is 10.9 Å². The van der Waals surface area contributed by atoms with Crippen molar-refractivity contribution in [1.82, 2.24) is 15.0 Å². The molecule has 0 aliphatic carbocycles. The summed E-state index contributed by atoms with van der Waals surface area (Å²) in [5, 5.41) is 16.7. The van der Waals surface area contributed by atoms with Crippen LogP contribution >= 0.6 is 0 Å². The molecular weight excluding hydrogens is 190 g/mol. The van der Waals surface area contributed by atoms with Gasteiger partial charge in [0.1, 0.15) is 0 Å². The molecule has 1 aromatic heterocycles. The third-order valence-corrected chi connectivity index (χ3v) is 2.35. The standard InChI is InChI=1S/C11H13N3O/c1-9-4-2-3-5-10(9)11-8-12-13-14(11)6-7-15/h2-5,8,15H,6-7H2,1H3. The van der Waals surface area contributed by atoms with E-state index in [0.29, 0.717) is 6.54 Å². The van der Waals surface area contributed by atoms with Gasteiger partial charge in [-0.2, -0.15) is 0 Å². The minimum absolute atomic E-state index is 0.0717. The maximum absolute atomic E-state index is 8.89. The van der Waals surface area contributed by atoms with E-state index in [1.165, 1.54) is 5.56 Å². The van der Waals surface area contributed by atoms with Crippen molar-refractivity contribution in [2.45, 2.75) is 13.5 Å². The van der Waals surface area contributed by atoms with E-state index >= 15 is 0 Å². The predicted octanol–water partition coefficient (Wildman–Crippen LogP) is 1.25. The highest BCUT2D eigenvalue weighted by molar-refractivity contribution is 5.62. The Kier molecular flexibility index (Phi) is 2.78. The first-order chi connectivity index (χ1) is 7.33. The van der Waals surface area contributed by atoms with Crippen LogP contribution in [0.2, 0.25) is 0 Å². The molecule has 0 unspecified atom stereocenters. The summed E-state index contributed by atoms with van der Waals surface area (Å²) in [6, 6.07) is 8.06. The maximum Gasteiger partial charge on any atom is 0.0889 e. The second kappa shape index (κ2) is 4.23. The lowest BCUT2D eigenvalue weighted by atomic mass is 10.1. The number of aryl methyl sites for hydroxylation is 1. The number of rotatable bonds is 3. The van der Waals surface area contributed by atoms with E-state index in [4.69, 9.17) is 5.11 Å². The van der Waals surface area contributed by atoms with Gasteiger partial charge in [0.15, 0.2) is 0 Å². The highest BCUT2D eigenvalue weighted by Gasteiger charge is 2.07. The lowest BCUT2D eigenvalue weighted by Gasteiger charge is -2.06. The van der Waals surface area contributed by atoms with Crippen molar-refractivity contribution >= 4 is 0 Å². The van der Waals surface area contributed by atoms with Crippen LogP contribution in [-0.2, 0) is 6.54 Å². The Morgan fingerprint density at radius 2 is 2.13 bits per heavy atom. The molecule has 1 aromatic carbocycles. The third-order valence-electron chi connectivity index (χ3n) is 2.35. The first kappa shape index (κ1) is 9.86. The van der Waals surface area contributed by atoms with Crippen LogP contribution in [0.1, 0.15) is 5.56 Å². The van der Waals surface area contributed by atoms with Crippen molar-refractivity contribution in [1.29, 1.82) is 0 Å². The van der Waals surface area contributed by atoms with Gasteiger partial charge in [0.25, 0.3) is 0 Å². The predicted molar refractivity (Wildman–Crippen MR) is 57.3 cm³/mol. The highest BCUT2D eigenvalue weighted by atomic mass is 16.3. The molecule has 15 heavy (non-hydrogen) atoms. The summed E-state index contributed by atoms with van der Waals surface area (Å²) >= 11 is 0. The van der Waals surface area contributed by atoms with Crippen molar-refractivity contribution < 1.29 is 5.11 Å². The molecule has 0 atom stereocenters. The number of hydrogen-bond acceptors (Lipinski definition) is 3. The van der Waals surface area contributed by atoms with E-state index in [9.17, 15) is 0 Å². The van der Waals surface area contributed by atoms with E-state index in [2.05, 4.69) is 10.3 Å². The van der Waals surface area contributed by atoms with Crippen LogP contribution in [0.25, 0.3) is 11.3 Å². The highest BCUT2D eigenvalue weighted by Crippen LogP contribution is 2.21. The fourth-order valence-corrected chi connectivity index (χ4v) is 1.59. The van der Waals surface area contributed by atoms with Gasteiger partial charge >= 0.3 is 0 Å². The molecule has 0 saturated heterocycles. The quantitative estimate of drug-likeness (QED) is 0.816. The summed E-state index contributed by atoms with van der Waals surface area (Å²) in [7, 11) is 0. The van der Waals surface area contributed by atoms with Gasteiger partial charge in [0, 0.05) is 5.56 Å². The largest absolute Gasteiger partial charge is 0.394 e. The molecule has 0 saturated carbocycles. The van der Waals surface area contributed by atoms with Crippen LogP contribution in [-0.4, -0.2) is 26.7 Å². The average molecular weight is 203 g/mol. The summed E-state index contributed by atoms with van der Waals surface area (Å²) < 4.78 is 1.71. The van der Waals surface area contributed by atoms with Gasteiger partial charge in [-0.3, -0.25) is 0 Å². The Balaban J connectivity index is 2.45. The molecule has 1 heterocycles. The Hall–Kier alpha value is -1.68. The lowest BCUT2D eigenvalue weighted by Crippen LogP contribution is -2.06. The number of aliphatic hydroxyl groups excluding tert-OH is 1. The van der Waals surface area contributed by atoms with Crippen LogP contribution in [0, 0.1) is 6.92 Å². The molecule has 4 nitrogen and oxygen atoms in total. The smallest absolute Gasteiger partial charge is 0.0889 e. The van der Waals surface area contributed by atoms with Crippen molar-refractivity contribution in [3.05, 3.63) is 36.0 Å². The van der Waals surface area contributed by atoms with Crippen LogP contribution in [0.15, 0.2) is 30.5 Å². The molecule has 0 aliphatic rings. The summed E-state index contributed by atoms with van der Waals surface area (Å²) in [5.41, 5.74) is 3.23. The summed E-state index contributed by atoms with van der Waals surface area (Å²) in [6.07, 6.45) is 1.72. The molecule has 2 rings (SSSR count). The zero-order chi connectivity index (χ0) is 10.7. The number of nitrogens with zero attached hydrogens (tertiary/aromatic N) is 3. The fraction of sp³-hybridized carbons (Fsp3) is 0.273. The van der Waals surface area contributed by atoms with Gasteiger partial charge in [0.2, 0.25) is 0 Å². The topological polar surface area (TPSA) is 50.9 Å². The molecule has 0 amide bonds. The molecule has 2 aromatic rings. The number of aromatic nitrogens is 3. The minimum atomic E-state index is 0.0717. The minimum Gasteiger partial charge on any atom is -0.394 e. The summed E-state index contributed by atoms with van der Waals surface area (Å²) in [4.78, 5) is 0. The third kappa shape index (κ3) is 1.89. The Bertz CT molecular complexity index is 451. The molecule has 0 fully saturated rings. The molecule has 78 valence electrons. The van der Waals surface area contributed by atoms with Gasteiger partial charge in [0.05, 0.1) is 25.0 Å². The van der Waals surface area contributed by atoms with Crippen molar-refractivity contribution in [3.8, 4) is 11.3 Å². The van der Waals surface area contributed by atoms with Crippen molar-refractivity contribution in [2.75, 3.05) is 6.61 Å². The van der Waals surface area contributed by atoms with Crippen molar-refractivity contribution in [2.24, 2.45) is 0 Å². The Morgan fingerprint density at radius 3 is 2.87 bits per heavy atom. The van der Waals surface area contributed by atoms with Gasteiger partial charge in [-0.05, 0) is 12.5 Å². The zero-order valence-corrected chi connectivity index (χ0v) is 8.59. The normalized spacial score (nSPS) is 10.5. The molecule has 0 radical (unpaired) electrons. The lowest BCUT2D eigenvalue weighted by molar-refractivity contribution is 0.269. The first-order valence-electron chi connectivity index (χ1n) is 4.88. The zero-order valence-electron chi connectivity index (χ0n) is 8.59. The number of hydrogen-bond donors (Lipinski definition) is 1. The summed E-state index contributed by atoms with van der Waals surface area (Å²) in [5.74, 6) is 0. The van der Waals surface area contributed by atoms with Crippen molar-refractivity contribution in [3.63, 3.8) is 0 Å². The second-order valence-corrected chi connectivity index (χ2v) is 3.38. The first-order valence-corrected chi connectivity index (χ1v) is 4.88. The van der Waals surface area contributed by atoms with Gasteiger partial charge < -0.3 is 5.11 Å². The van der Waals surface area contributed by atoms with E-state index < -0.39 is 0 Å². The van der Waals surface area contributed by atoms with Crippen LogP contribution in [0.4, 0.5) is 0 Å². The SMILES string of the molecule is Cc1ccccc1-c1cnnn1CCO. The van der Waals surface area contributed by atoms with Crippen LogP contribution in [0.5, 0.6) is 0 Å². The average Bonchev–Trinajstić information content (AvgIpc) is 2.67. The summed E-state index contributed by atoms with van der Waals surface area (Å²) in [6.45, 7) is 2.59. The Morgan fingerprint density at radius 1 is 1.33 bits per heavy atom. The maximum atomic E-state index is 8.89. The van der Waals surface area contributed by atoms with Crippen LogP contribution < -0.4 is 0 Å². The van der Waals surface area contributed by atoms with E-state index in [1.807, 2.05) is 31.2 Å². The number of aliphatic hydroxyl groups is 1. The van der Waals surface area contributed by atoms with E-state index in [-0.39, 0.29) is 6.61 Å². The molecule has 0 aliphatic heterocycles. The Labute approximate surface area is 88.2 Å². The molecule has 0 spiro atoms. The van der Waals surface area contributed by atoms with Crippen LogP contribution in [0.3, 0.4) is 0 Å². The second-order valence-electron chi connectivity index (χ2n) is 3.38. The molecule has 0 bridgehead atoms. The van der Waals surface area contributed by atoms with Gasteiger partial charge in [-0.25, -0.2) is 4.68 Å². The molecule has 4 heteroatoms. The molecular formula is C11H13N3O.